The molecule has 5 nitrogen and oxygen atoms in total. The zero-order valence-corrected chi connectivity index (χ0v) is 18.7. The fourth-order valence-corrected chi connectivity index (χ4v) is 4.38. The first-order chi connectivity index (χ1) is 16.7. The van der Waals surface area contributed by atoms with E-state index in [1.807, 2.05) is 77.7 Å². The van der Waals surface area contributed by atoms with Crippen molar-refractivity contribution < 1.29 is 9.18 Å². The second kappa shape index (κ2) is 9.83. The number of rotatable bonds is 5. The molecule has 0 atom stereocenters. The summed E-state index contributed by atoms with van der Waals surface area (Å²) in [4.78, 5) is 17.7. The molecule has 3 aromatic carbocycles. The maximum Gasteiger partial charge on any atom is 0.234 e. The van der Waals surface area contributed by atoms with E-state index in [0.29, 0.717) is 31.9 Å². The SMILES string of the molecule is O=C(C(c1ccccc1)c1ccccc1)N1CCN(c2ccc(-c3ccc(F)cc3)nn2)CC1. The molecule has 0 saturated carbocycles. The highest BCUT2D eigenvalue weighted by Crippen LogP contribution is 2.28. The number of halogens is 1. The van der Waals surface area contributed by atoms with Crippen LogP contribution in [0.4, 0.5) is 10.2 Å². The molecule has 1 aliphatic rings. The molecule has 5 rings (SSSR count). The Morgan fingerprint density at radius 1 is 0.706 bits per heavy atom. The Bertz CT molecular complexity index is 1180. The average Bonchev–Trinajstić information content (AvgIpc) is 2.91. The van der Waals surface area contributed by atoms with Crippen LogP contribution in [0, 0.1) is 5.82 Å². The predicted octanol–water partition coefficient (Wildman–Crippen LogP) is 4.76. The zero-order chi connectivity index (χ0) is 23.3. The lowest BCUT2D eigenvalue weighted by Gasteiger charge is -2.37. The molecule has 0 spiro atoms. The first kappa shape index (κ1) is 21.8. The Hall–Kier alpha value is -4.06. The zero-order valence-electron chi connectivity index (χ0n) is 18.7. The lowest BCUT2D eigenvalue weighted by atomic mass is 9.90. The van der Waals surface area contributed by atoms with Gasteiger partial charge in [0.25, 0.3) is 0 Å². The van der Waals surface area contributed by atoms with Gasteiger partial charge in [-0.3, -0.25) is 4.79 Å². The maximum atomic E-state index is 13.6. The summed E-state index contributed by atoms with van der Waals surface area (Å²) in [5.41, 5.74) is 3.53. The maximum absolute atomic E-state index is 13.6. The quantitative estimate of drug-likeness (QED) is 0.438. The summed E-state index contributed by atoms with van der Waals surface area (Å²) >= 11 is 0. The molecule has 1 aliphatic heterocycles. The fourth-order valence-electron chi connectivity index (χ4n) is 4.38. The van der Waals surface area contributed by atoms with Crippen molar-refractivity contribution in [3.05, 3.63) is 114 Å². The van der Waals surface area contributed by atoms with Gasteiger partial charge < -0.3 is 9.80 Å². The van der Waals surface area contributed by atoms with E-state index in [9.17, 15) is 9.18 Å². The summed E-state index contributed by atoms with van der Waals surface area (Å²) in [6.45, 7) is 2.62. The lowest BCUT2D eigenvalue weighted by Crippen LogP contribution is -2.50. The number of benzene rings is 3. The number of amides is 1. The topological polar surface area (TPSA) is 49.3 Å². The van der Waals surface area contributed by atoms with E-state index < -0.39 is 0 Å². The molecule has 0 unspecified atom stereocenters. The van der Waals surface area contributed by atoms with Crippen LogP contribution in [0.5, 0.6) is 0 Å². The minimum Gasteiger partial charge on any atom is -0.352 e. The third kappa shape index (κ3) is 4.66. The molecule has 1 aromatic heterocycles. The van der Waals surface area contributed by atoms with Crippen molar-refractivity contribution in [1.29, 1.82) is 0 Å². The van der Waals surface area contributed by atoms with Gasteiger partial charge in [0, 0.05) is 31.7 Å². The predicted molar refractivity (Wildman–Crippen MR) is 131 cm³/mol. The lowest BCUT2D eigenvalue weighted by molar-refractivity contribution is -0.132. The van der Waals surface area contributed by atoms with Crippen LogP contribution in [0.2, 0.25) is 0 Å². The number of hydrogen-bond acceptors (Lipinski definition) is 4. The molecule has 6 heteroatoms. The molecular weight excluding hydrogens is 427 g/mol. The van der Waals surface area contributed by atoms with Gasteiger partial charge in [-0.05, 0) is 47.5 Å². The van der Waals surface area contributed by atoms with Crippen LogP contribution in [-0.4, -0.2) is 47.2 Å². The van der Waals surface area contributed by atoms with Gasteiger partial charge in [0.05, 0.1) is 11.6 Å². The van der Waals surface area contributed by atoms with Crippen LogP contribution in [0.3, 0.4) is 0 Å². The molecule has 1 saturated heterocycles. The first-order valence-corrected chi connectivity index (χ1v) is 11.4. The summed E-state index contributed by atoms with van der Waals surface area (Å²) in [6, 6.07) is 30.0. The molecule has 2 heterocycles. The van der Waals surface area contributed by atoms with Crippen molar-refractivity contribution in [2.45, 2.75) is 5.92 Å². The number of aromatic nitrogens is 2. The van der Waals surface area contributed by atoms with Crippen molar-refractivity contribution in [1.82, 2.24) is 15.1 Å². The molecule has 1 amide bonds. The van der Waals surface area contributed by atoms with Gasteiger partial charge >= 0.3 is 0 Å². The van der Waals surface area contributed by atoms with Gasteiger partial charge in [-0.2, -0.15) is 0 Å². The van der Waals surface area contributed by atoms with E-state index in [4.69, 9.17) is 0 Å². The van der Waals surface area contributed by atoms with Crippen LogP contribution in [-0.2, 0) is 4.79 Å². The van der Waals surface area contributed by atoms with Gasteiger partial charge in [-0.1, -0.05) is 60.7 Å². The molecule has 0 radical (unpaired) electrons. The monoisotopic (exact) mass is 452 g/mol. The van der Waals surface area contributed by atoms with Gasteiger partial charge in [0.1, 0.15) is 5.82 Å². The highest BCUT2D eigenvalue weighted by atomic mass is 19.1. The van der Waals surface area contributed by atoms with Crippen LogP contribution in [0.1, 0.15) is 17.0 Å². The van der Waals surface area contributed by atoms with E-state index in [2.05, 4.69) is 15.1 Å². The van der Waals surface area contributed by atoms with Crippen molar-refractivity contribution >= 4 is 11.7 Å². The molecule has 0 aliphatic carbocycles. The van der Waals surface area contributed by atoms with Gasteiger partial charge in [-0.25, -0.2) is 4.39 Å². The minimum absolute atomic E-state index is 0.120. The third-order valence-corrected chi connectivity index (χ3v) is 6.22. The number of piperazine rings is 1. The number of carbonyl (C=O) groups is 1. The summed E-state index contributed by atoms with van der Waals surface area (Å²) in [6.07, 6.45) is 0. The van der Waals surface area contributed by atoms with Crippen molar-refractivity contribution in [2.24, 2.45) is 0 Å². The highest BCUT2D eigenvalue weighted by Gasteiger charge is 2.30. The van der Waals surface area contributed by atoms with E-state index in [0.717, 1.165) is 22.5 Å². The summed E-state index contributed by atoms with van der Waals surface area (Å²) in [7, 11) is 0. The Morgan fingerprint density at radius 2 is 1.29 bits per heavy atom. The van der Waals surface area contributed by atoms with Gasteiger partial charge in [0.15, 0.2) is 5.82 Å². The van der Waals surface area contributed by atoms with Crippen LogP contribution < -0.4 is 4.90 Å². The summed E-state index contributed by atoms with van der Waals surface area (Å²) in [5.74, 6) is 0.307. The van der Waals surface area contributed by atoms with Crippen LogP contribution >= 0.6 is 0 Å². The van der Waals surface area contributed by atoms with E-state index >= 15 is 0 Å². The number of carbonyl (C=O) groups excluding carboxylic acids is 1. The van der Waals surface area contributed by atoms with Crippen LogP contribution in [0.25, 0.3) is 11.3 Å². The van der Waals surface area contributed by atoms with Crippen molar-refractivity contribution in [3.8, 4) is 11.3 Å². The normalized spacial score (nSPS) is 13.8. The Kier molecular flexibility index (Phi) is 6.29. The first-order valence-electron chi connectivity index (χ1n) is 11.4. The molecule has 0 bridgehead atoms. The number of hydrogen-bond donors (Lipinski definition) is 0. The van der Waals surface area contributed by atoms with Crippen molar-refractivity contribution in [2.75, 3.05) is 31.1 Å². The second-order valence-corrected chi connectivity index (χ2v) is 8.35. The molecule has 0 N–H and O–H groups in total. The van der Waals surface area contributed by atoms with Gasteiger partial charge in [0.2, 0.25) is 5.91 Å². The average molecular weight is 453 g/mol. The largest absolute Gasteiger partial charge is 0.352 e. The van der Waals surface area contributed by atoms with E-state index in [-0.39, 0.29) is 17.6 Å². The smallest absolute Gasteiger partial charge is 0.234 e. The standard InChI is InChI=1S/C28H25FN4O/c29-24-13-11-21(12-14-24)25-15-16-26(31-30-25)32-17-19-33(20-18-32)28(34)27(22-7-3-1-4-8-22)23-9-5-2-6-10-23/h1-16,27H,17-20H2. The van der Waals surface area contributed by atoms with Crippen LogP contribution in [0.15, 0.2) is 97.1 Å². The van der Waals surface area contributed by atoms with E-state index in [1.54, 1.807) is 12.1 Å². The van der Waals surface area contributed by atoms with E-state index in [1.165, 1.54) is 12.1 Å². The summed E-state index contributed by atoms with van der Waals surface area (Å²) < 4.78 is 13.2. The minimum atomic E-state index is -0.316. The fraction of sp³-hybridized carbons (Fsp3) is 0.179. The number of nitrogens with zero attached hydrogens (tertiary/aromatic N) is 4. The third-order valence-electron chi connectivity index (χ3n) is 6.22. The van der Waals surface area contributed by atoms with Gasteiger partial charge in [-0.15, -0.1) is 10.2 Å². The Balaban J connectivity index is 1.27. The van der Waals surface area contributed by atoms with Crippen molar-refractivity contribution in [3.63, 3.8) is 0 Å². The second-order valence-electron chi connectivity index (χ2n) is 8.35. The number of anilines is 1. The Morgan fingerprint density at radius 3 is 1.82 bits per heavy atom. The molecular formula is C28H25FN4O. The molecule has 1 fully saturated rings. The molecule has 4 aromatic rings. The highest BCUT2D eigenvalue weighted by molar-refractivity contribution is 5.87. The Labute approximate surface area is 198 Å². The summed E-state index contributed by atoms with van der Waals surface area (Å²) in [5, 5.41) is 8.70. The molecule has 170 valence electrons. The molecule has 34 heavy (non-hydrogen) atoms.